The third-order valence-corrected chi connectivity index (χ3v) is 4.38. The first-order valence-electron chi connectivity index (χ1n) is 8.47. The molecule has 0 radical (unpaired) electrons. The molecule has 0 spiro atoms. The quantitative estimate of drug-likeness (QED) is 0.753. The van der Waals surface area contributed by atoms with Gasteiger partial charge < -0.3 is 18.9 Å². The van der Waals surface area contributed by atoms with Crippen molar-refractivity contribution in [1.29, 1.82) is 0 Å². The monoisotopic (exact) mass is 344 g/mol. The number of hydrogen-bond acceptors (Lipinski definition) is 5. The number of hydrogen-bond donors (Lipinski definition) is 0. The minimum atomic E-state index is 0.0325. The van der Waals surface area contributed by atoms with E-state index < -0.39 is 0 Å². The molecule has 0 saturated carbocycles. The van der Waals surface area contributed by atoms with Gasteiger partial charge in [0.25, 0.3) is 5.91 Å². The van der Waals surface area contributed by atoms with Crippen LogP contribution in [0.5, 0.6) is 11.5 Å². The van der Waals surface area contributed by atoms with E-state index in [1.54, 1.807) is 25.4 Å². The third-order valence-electron chi connectivity index (χ3n) is 4.38. The molecule has 0 N–H and O–H groups in total. The van der Waals surface area contributed by atoms with Crippen molar-refractivity contribution >= 4 is 5.91 Å². The zero-order valence-corrected chi connectivity index (χ0v) is 14.5. The smallest absolute Gasteiger partial charge is 0.260 e. The average molecular weight is 344 g/mol. The fraction of sp³-hybridized carbons (Fsp3) is 0.444. The largest absolute Gasteiger partial charge is 0.497 e. The van der Waals surface area contributed by atoms with E-state index in [1.165, 1.54) is 0 Å². The predicted molar refractivity (Wildman–Crippen MR) is 93.7 cm³/mol. The summed E-state index contributed by atoms with van der Waals surface area (Å²) in [6.45, 7) is 5.24. The molecule has 0 atom stereocenters. The Morgan fingerprint density at radius 1 is 1.08 bits per heavy atom. The standard InChI is InChI=1S/C18H24N4O3/c1-24-16-2-4-17(5-3-16)25-14-18(23)22-12-10-20(11-13-22)8-9-21-7-6-19-15-21/h2-7,15H,8-14H2,1H3. The van der Waals surface area contributed by atoms with E-state index in [-0.39, 0.29) is 12.5 Å². The summed E-state index contributed by atoms with van der Waals surface area (Å²) in [6.07, 6.45) is 5.59. The van der Waals surface area contributed by atoms with E-state index in [4.69, 9.17) is 9.47 Å². The van der Waals surface area contributed by atoms with Gasteiger partial charge in [-0.1, -0.05) is 0 Å². The maximum Gasteiger partial charge on any atom is 0.260 e. The van der Waals surface area contributed by atoms with Crippen molar-refractivity contribution in [1.82, 2.24) is 19.4 Å². The van der Waals surface area contributed by atoms with Gasteiger partial charge in [-0.3, -0.25) is 9.69 Å². The van der Waals surface area contributed by atoms with Crippen LogP contribution in [-0.2, 0) is 11.3 Å². The Balaban J connectivity index is 1.37. The van der Waals surface area contributed by atoms with Crippen LogP contribution in [0.2, 0.25) is 0 Å². The molecule has 0 aliphatic carbocycles. The number of benzene rings is 1. The van der Waals surface area contributed by atoms with Crippen LogP contribution in [-0.4, -0.2) is 71.7 Å². The minimum Gasteiger partial charge on any atom is -0.497 e. The van der Waals surface area contributed by atoms with Crippen molar-refractivity contribution in [3.05, 3.63) is 43.0 Å². The number of ether oxygens (including phenoxy) is 2. The number of amides is 1. The Bertz CT molecular complexity index is 649. The van der Waals surface area contributed by atoms with Crippen molar-refractivity contribution in [3.8, 4) is 11.5 Å². The molecule has 1 amide bonds. The van der Waals surface area contributed by atoms with Crippen molar-refractivity contribution in [2.75, 3.05) is 46.4 Å². The van der Waals surface area contributed by atoms with E-state index in [2.05, 4.69) is 14.5 Å². The van der Waals surface area contributed by atoms with Gasteiger partial charge in [0.1, 0.15) is 11.5 Å². The van der Waals surface area contributed by atoms with Gasteiger partial charge in [-0.25, -0.2) is 4.98 Å². The predicted octanol–water partition coefficient (Wildman–Crippen LogP) is 1.11. The van der Waals surface area contributed by atoms with Crippen LogP contribution in [0.1, 0.15) is 0 Å². The van der Waals surface area contributed by atoms with Crippen LogP contribution >= 0.6 is 0 Å². The van der Waals surface area contributed by atoms with E-state index >= 15 is 0 Å². The highest BCUT2D eigenvalue weighted by Crippen LogP contribution is 2.17. The number of piperazine rings is 1. The molecule has 1 fully saturated rings. The molecule has 134 valence electrons. The molecular formula is C18H24N4O3. The zero-order valence-electron chi connectivity index (χ0n) is 14.5. The second kappa shape index (κ2) is 8.53. The molecule has 2 heterocycles. The third kappa shape index (κ3) is 4.96. The lowest BCUT2D eigenvalue weighted by atomic mass is 10.3. The Morgan fingerprint density at radius 3 is 2.44 bits per heavy atom. The Hall–Kier alpha value is -2.54. The molecule has 7 nitrogen and oxygen atoms in total. The molecule has 25 heavy (non-hydrogen) atoms. The molecule has 7 heteroatoms. The summed E-state index contributed by atoms with van der Waals surface area (Å²) in [5.74, 6) is 1.48. The van der Waals surface area contributed by atoms with Crippen LogP contribution in [0, 0.1) is 0 Å². The maximum absolute atomic E-state index is 12.3. The highest BCUT2D eigenvalue weighted by molar-refractivity contribution is 5.77. The Labute approximate surface area is 147 Å². The minimum absolute atomic E-state index is 0.0325. The fourth-order valence-corrected chi connectivity index (χ4v) is 2.81. The van der Waals surface area contributed by atoms with E-state index in [0.717, 1.165) is 45.0 Å². The molecule has 0 unspecified atom stereocenters. The fourth-order valence-electron chi connectivity index (χ4n) is 2.81. The molecule has 0 bridgehead atoms. The van der Waals surface area contributed by atoms with Crippen molar-refractivity contribution in [2.24, 2.45) is 0 Å². The summed E-state index contributed by atoms with van der Waals surface area (Å²) in [4.78, 5) is 20.6. The number of carbonyl (C=O) groups excluding carboxylic acids is 1. The van der Waals surface area contributed by atoms with Gasteiger partial charge in [-0.05, 0) is 24.3 Å². The molecule has 1 saturated heterocycles. The number of nitrogens with zero attached hydrogens (tertiary/aromatic N) is 4. The summed E-state index contributed by atoms with van der Waals surface area (Å²) in [5.41, 5.74) is 0. The van der Waals surface area contributed by atoms with Crippen LogP contribution in [0.25, 0.3) is 0 Å². The highest BCUT2D eigenvalue weighted by Gasteiger charge is 2.21. The van der Waals surface area contributed by atoms with Gasteiger partial charge in [-0.15, -0.1) is 0 Å². The van der Waals surface area contributed by atoms with Crippen molar-refractivity contribution in [2.45, 2.75) is 6.54 Å². The number of carbonyl (C=O) groups is 1. The van der Waals surface area contributed by atoms with Gasteiger partial charge in [0.05, 0.1) is 13.4 Å². The molecule has 1 aromatic carbocycles. The van der Waals surface area contributed by atoms with Crippen molar-refractivity contribution < 1.29 is 14.3 Å². The second-order valence-corrected chi connectivity index (χ2v) is 5.99. The number of aromatic nitrogens is 2. The molecule has 2 aromatic rings. The van der Waals surface area contributed by atoms with Crippen LogP contribution in [0.4, 0.5) is 0 Å². The summed E-state index contributed by atoms with van der Waals surface area (Å²) in [5, 5.41) is 0. The first kappa shape index (κ1) is 17.3. The Morgan fingerprint density at radius 2 is 1.80 bits per heavy atom. The lowest BCUT2D eigenvalue weighted by Gasteiger charge is -2.34. The summed E-state index contributed by atoms with van der Waals surface area (Å²) < 4.78 is 12.7. The van der Waals surface area contributed by atoms with Gasteiger partial charge in [-0.2, -0.15) is 0 Å². The summed E-state index contributed by atoms with van der Waals surface area (Å²) in [6, 6.07) is 7.25. The molecule has 1 aliphatic heterocycles. The van der Waals surface area contributed by atoms with Crippen molar-refractivity contribution in [3.63, 3.8) is 0 Å². The highest BCUT2D eigenvalue weighted by atomic mass is 16.5. The Kier molecular flexibility index (Phi) is 5.90. The molecular weight excluding hydrogens is 320 g/mol. The lowest BCUT2D eigenvalue weighted by molar-refractivity contribution is -0.135. The number of imidazole rings is 1. The van der Waals surface area contributed by atoms with Gasteiger partial charge >= 0.3 is 0 Å². The maximum atomic E-state index is 12.3. The summed E-state index contributed by atoms with van der Waals surface area (Å²) in [7, 11) is 1.62. The van der Waals surface area contributed by atoms with Gasteiger partial charge in [0.15, 0.2) is 6.61 Å². The second-order valence-electron chi connectivity index (χ2n) is 5.99. The lowest BCUT2D eigenvalue weighted by Crippen LogP contribution is -2.50. The number of rotatable bonds is 7. The molecule has 1 aliphatic rings. The first-order valence-corrected chi connectivity index (χ1v) is 8.47. The van der Waals surface area contributed by atoms with E-state index in [9.17, 15) is 4.79 Å². The summed E-state index contributed by atoms with van der Waals surface area (Å²) >= 11 is 0. The van der Waals surface area contributed by atoms with Crippen LogP contribution in [0.15, 0.2) is 43.0 Å². The normalized spacial score (nSPS) is 15.2. The average Bonchev–Trinajstić information content (AvgIpc) is 3.19. The van der Waals surface area contributed by atoms with E-state index in [0.29, 0.717) is 5.75 Å². The van der Waals surface area contributed by atoms with Crippen LogP contribution in [0.3, 0.4) is 0 Å². The first-order chi connectivity index (χ1) is 12.2. The van der Waals surface area contributed by atoms with Crippen LogP contribution < -0.4 is 9.47 Å². The molecule has 3 rings (SSSR count). The molecule has 1 aromatic heterocycles. The van der Waals surface area contributed by atoms with E-state index in [1.807, 2.05) is 29.6 Å². The zero-order chi connectivity index (χ0) is 17.5. The number of methoxy groups -OCH3 is 1. The van der Waals surface area contributed by atoms with Gasteiger partial charge in [0.2, 0.25) is 0 Å². The topological polar surface area (TPSA) is 59.8 Å². The van der Waals surface area contributed by atoms with Gasteiger partial charge in [0, 0.05) is 51.7 Å². The SMILES string of the molecule is COc1ccc(OCC(=O)N2CCN(CCn3ccnc3)CC2)cc1.